The van der Waals surface area contributed by atoms with E-state index in [0.717, 1.165) is 18.0 Å². The van der Waals surface area contributed by atoms with Gasteiger partial charge in [-0.25, -0.2) is 0 Å². The largest absolute Gasteiger partial charge is 0.467 e. The molecule has 0 fully saturated rings. The van der Waals surface area contributed by atoms with Gasteiger partial charge in [0, 0.05) is 13.2 Å². The molecule has 0 bridgehead atoms. The zero-order valence-corrected chi connectivity index (χ0v) is 8.97. The molecule has 1 atom stereocenters. The summed E-state index contributed by atoms with van der Waals surface area (Å²) >= 11 is 0. The van der Waals surface area contributed by atoms with Crippen LogP contribution in [-0.4, -0.2) is 16.3 Å². The molecule has 2 rings (SSSR count). The molecule has 0 aliphatic heterocycles. The molecule has 0 spiro atoms. The lowest BCUT2D eigenvalue weighted by atomic mass is 10.1. The fourth-order valence-corrected chi connectivity index (χ4v) is 1.60. The number of nitrogens with zero attached hydrogens (tertiary/aromatic N) is 2. The van der Waals surface area contributed by atoms with Gasteiger partial charge < -0.3 is 9.73 Å². The quantitative estimate of drug-likeness (QED) is 0.826. The molecule has 0 radical (unpaired) electrons. The van der Waals surface area contributed by atoms with Crippen molar-refractivity contribution in [1.29, 1.82) is 0 Å². The van der Waals surface area contributed by atoms with Gasteiger partial charge in [-0.2, -0.15) is 5.10 Å². The summed E-state index contributed by atoms with van der Waals surface area (Å²) in [5.41, 5.74) is 0.981. The van der Waals surface area contributed by atoms with E-state index in [-0.39, 0.29) is 6.04 Å². The maximum atomic E-state index is 5.40. The Kier molecular flexibility index (Phi) is 2.87. The Labute approximate surface area is 88.9 Å². The zero-order valence-electron chi connectivity index (χ0n) is 8.97. The topological polar surface area (TPSA) is 43.0 Å². The number of aromatic nitrogens is 2. The highest BCUT2D eigenvalue weighted by Gasteiger charge is 2.17. The van der Waals surface area contributed by atoms with Gasteiger partial charge in [0.15, 0.2) is 0 Å². The van der Waals surface area contributed by atoms with Gasteiger partial charge in [0.25, 0.3) is 0 Å². The van der Waals surface area contributed by atoms with E-state index in [9.17, 15) is 0 Å². The van der Waals surface area contributed by atoms with E-state index in [1.165, 1.54) is 0 Å². The standard InChI is InChI=1S/C11H15N3O/c1-3-12-11(10-5-4-8-15-10)9-6-7-14(2)13-9/h4-8,11-12H,3H2,1-2H3. The summed E-state index contributed by atoms with van der Waals surface area (Å²) in [4.78, 5) is 0. The van der Waals surface area contributed by atoms with Crippen LogP contribution in [0.3, 0.4) is 0 Å². The lowest BCUT2D eigenvalue weighted by molar-refractivity contribution is 0.445. The third kappa shape index (κ3) is 2.10. The lowest BCUT2D eigenvalue weighted by Gasteiger charge is -2.12. The number of hydrogen-bond donors (Lipinski definition) is 1. The van der Waals surface area contributed by atoms with E-state index in [1.54, 1.807) is 10.9 Å². The molecule has 2 heterocycles. The molecule has 0 aromatic carbocycles. The highest BCUT2D eigenvalue weighted by Crippen LogP contribution is 2.20. The maximum Gasteiger partial charge on any atom is 0.126 e. The first-order valence-electron chi connectivity index (χ1n) is 5.07. The molecular formula is C11H15N3O. The second kappa shape index (κ2) is 4.31. The smallest absolute Gasteiger partial charge is 0.126 e. The molecule has 15 heavy (non-hydrogen) atoms. The molecule has 1 unspecified atom stereocenters. The minimum absolute atomic E-state index is 0.0474. The van der Waals surface area contributed by atoms with Crippen LogP contribution < -0.4 is 5.32 Å². The predicted molar refractivity (Wildman–Crippen MR) is 57.4 cm³/mol. The van der Waals surface area contributed by atoms with Gasteiger partial charge in [0.1, 0.15) is 11.8 Å². The van der Waals surface area contributed by atoms with Crippen LogP contribution >= 0.6 is 0 Å². The molecule has 0 aliphatic rings. The Morgan fingerprint density at radius 2 is 2.40 bits per heavy atom. The summed E-state index contributed by atoms with van der Waals surface area (Å²) < 4.78 is 7.19. The van der Waals surface area contributed by atoms with Crippen LogP contribution in [0.2, 0.25) is 0 Å². The van der Waals surface area contributed by atoms with Crippen molar-refractivity contribution in [2.75, 3.05) is 6.54 Å². The van der Waals surface area contributed by atoms with Crippen molar-refractivity contribution in [3.8, 4) is 0 Å². The number of aryl methyl sites for hydroxylation is 1. The third-order valence-electron chi connectivity index (χ3n) is 2.27. The van der Waals surface area contributed by atoms with Crippen molar-refractivity contribution in [2.45, 2.75) is 13.0 Å². The van der Waals surface area contributed by atoms with E-state index in [0.29, 0.717) is 0 Å². The third-order valence-corrected chi connectivity index (χ3v) is 2.27. The van der Waals surface area contributed by atoms with E-state index in [1.807, 2.05) is 31.4 Å². The predicted octanol–water partition coefficient (Wildman–Crippen LogP) is 1.71. The van der Waals surface area contributed by atoms with Gasteiger partial charge in [-0.05, 0) is 24.7 Å². The Balaban J connectivity index is 2.27. The van der Waals surface area contributed by atoms with Crippen molar-refractivity contribution in [3.05, 3.63) is 42.1 Å². The highest BCUT2D eigenvalue weighted by molar-refractivity contribution is 5.18. The van der Waals surface area contributed by atoms with Gasteiger partial charge in [0.2, 0.25) is 0 Å². The van der Waals surface area contributed by atoms with Gasteiger partial charge in [-0.15, -0.1) is 0 Å². The summed E-state index contributed by atoms with van der Waals surface area (Å²) in [7, 11) is 1.91. The van der Waals surface area contributed by atoms with Gasteiger partial charge in [-0.1, -0.05) is 6.92 Å². The van der Waals surface area contributed by atoms with Gasteiger partial charge >= 0.3 is 0 Å². The Bertz CT molecular complexity index is 405. The van der Waals surface area contributed by atoms with Crippen molar-refractivity contribution in [2.24, 2.45) is 7.05 Å². The average Bonchev–Trinajstić information content (AvgIpc) is 2.85. The number of nitrogens with one attached hydrogen (secondary N) is 1. The fourth-order valence-electron chi connectivity index (χ4n) is 1.60. The number of rotatable bonds is 4. The van der Waals surface area contributed by atoms with Crippen molar-refractivity contribution in [1.82, 2.24) is 15.1 Å². The summed E-state index contributed by atoms with van der Waals surface area (Å²) in [6.45, 7) is 2.95. The van der Waals surface area contributed by atoms with Crippen LogP contribution in [0, 0.1) is 0 Å². The van der Waals surface area contributed by atoms with Crippen molar-refractivity contribution >= 4 is 0 Å². The number of furan rings is 1. The van der Waals surface area contributed by atoms with E-state index >= 15 is 0 Å². The molecule has 2 aromatic rings. The summed E-state index contributed by atoms with van der Waals surface area (Å²) in [5.74, 6) is 0.899. The van der Waals surface area contributed by atoms with Crippen molar-refractivity contribution in [3.63, 3.8) is 0 Å². The van der Waals surface area contributed by atoms with Crippen molar-refractivity contribution < 1.29 is 4.42 Å². The maximum absolute atomic E-state index is 5.40. The summed E-state index contributed by atoms with van der Waals surface area (Å²) in [6, 6.07) is 5.90. The minimum atomic E-state index is 0.0474. The Morgan fingerprint density at radius 3 is 2.93 bits per heavy atom. The highest BCUT2D eigenvalue weighted by atomic mass is 16.3. The Hall–Kier alpha value is -1.55. The molecule has 0 saturated heterocycles. The van der Waals surface area contributed by atoms with Gasteiger partial charge in [0.05, 0.1) is 12.0 Å². The normalized spacial score (nSPS) is 12.9. The lowest BCUT2D eigenvalue weighted by Crippen LogP contribution is -2.22. The van der Waals surface area contributed by atoms with Crippen LogP contribution in [0.25, 0.3) is 0 Å². The molecule has 2 aromatic heterocycles. The molecule has 0 aliphatic carbocycles. The first-order chi connectivity index (χ1) is 7.31. The molecule has 1 N–H and O–H groups in total. The van der Waals surface area contributed by atoms with Crippen LogP contribution in [0.5, 0.6) is 0 Å². The SMILES string of the molecule is CCNC(c1ccn(C)n1)c1ccco1. The minimum Gasteiger partial charge on any atom is -0.467 e. The number of hydrogen-bond acceptors (Lipinski definition) is 3. The Morgan fingerprint density at radius 1 is 1.53 bits per heavy atom. The first kappa shape index (κ1) is 9.98. The molecule has 0 amide bonds. The molecule has 4 nitrogen and oxygen atoms in total. The second-order valence-corrected chi connectivity index (χ2v) is 3.42. The molecule has 0 saturated carbocycles. The van der Waals surface area contributed by atoms with Gasteiger partial charge in [-0.3, -0.25) is 4.68 Å². The summed E-state index contributed by atoms with van der Waals surface area (Å²) in [5, 5.41) is 7.72. The van der Waals surface area contributed by atoms with Crippen LogP contribution in [0.4, 0.5) is 0 Å². The summed E-state index contributed by atoms with van der Waals surface area (Å²) in [6.07, 6.45) is 3.62. The van der Waals surface area contributed by atoms with Crippen LogP contribution in [-0.2, 0) is 7.05 Å². The molecular weight excluding hydrogens is 190 g/mol. The first-order valence-corrected chi connectivity index (χ1v) is 5.07. The van der Waals surface area contributed by atoms with E-state index in [4.69, 9.17) is 4.42 Å². The zero-order chi connectivity index (χ0) is 10.7. The molecule has 4 heteroatoms. The average molecular weight is 205 g/mol. The second-order valence-electron chi connectivity index (χ2n) is 3.42. The molecule has 80 valence electrons. The monoisotopic (exact) mass is 205 g/mol. The van der Waals surface area contributed by atoms with Crippen LogP contribution in [0.15, 0.2) is 35.1 Å². The fraction of sp³-hybridized carbons (Fsp3) is 0.364. The van der Waals surface area contributed by atoms with E-state index < -0.39 is 0 Å². The van der Waals surface area contributed by atoms with Crippen LogP contribution in [0.1, 0.15) is 24.4 Å². The van der Waals surface area contributed by atoms with E-state index in [2.05, 4.69) is 17.3 Å².